The monoisotopic (exact) mass is 214 g/mol. The van der Waals surface area contributed by atoms with E-state index in [-0.39, 0.29) is 5.78 Å². The molecule has 0 spiro atoms. The van der Waals surface area contributed by atoms with Crippen LogP contribution in [0.5, 0.6) is 0 Å². The van der Waals surface area contributed by atoms with Crippen LogP contribution in [-0.2, 0) is 6.42 Å². The fourth-order valence-corrected chi connectivity index (χ4v) is 1.63. The molecule has 16 heavy (non-hydrogen) atoms. The van der Waals surface area contributed by atoms with Gasteiger partial charge in [0.2, 0.25) is 5.78 Å². The standard InChI is InChI=1S/C14H14O2/c1-10-3-5-12(6-4-10)9-13(15)14-11(2)7-8-16-14/h3-8H,9H2,1-2H3. The summed E-state index contributed by atoms with van der Waals surface area (Å²) in [5, 5.41) is 0. The van der Waals surface area contributed by atoms with Gasteiger partial charge in [-0.25, -0.2) is 0 Å². The van der Waals surface area contributed by atoms with Crippen LogP contribution in [0.4, 0.5) is 0 Å². The first-order valence-electron chi connectivity index (χ1n) is 5.29. The fraction of sp³-hybridized carbons (Fsp3) is 0.214. The molecular formula is C14H14O2. The summed E-state index contributed by atoms with van der Waals surface area (Å²) in [6, 6.07) is 9.79. The first-order chi connectivity index (χ1) is 7.66. The molecular weight excluding hydrogens is 200 g/mol. The molecule has 2 nitrogen and oxygen atoms in total. The normalized spacial score (nSPS) is 10.4. The topological polar surface area (TPSA) is 30.2 Å². The van der Waals surface area contributed by atoms with Crippen molar-refractivity contribution in [3.05, 3.63) is 59.0 Å². The molecule has 0 aliphatic heterocycles. The van der Waals surface area contributed by atoms with Crippen molar-refractivity contribution in [3.63, 3.8) is 0 Å². The van der Waals surface area contributed by atoms with E-state index in [1.54, 1.807) is 6.26 Å². The highest BCUT2D eigenvalue weighted by Crippen LogP contribution is 2.13. The second-order valence-electron chi connectivity index (χ2n) is 4.02. The van der Waals surface area contributed by atoms with Gasteiger partial charge >= 0.3 is 0 Å². The number of aryl methyl sites for hydroxylation is 2. The number of carbonyl (C=O) groups is 1. The Morgan fingerprint density at radius 2 is 1.81 bits per heavy atom. The van der Waals surface area contributed by atoms with Gasteiger partial charge in [0.1, 0.15) is 0 Å². The van der Waals surface area contributed by atoms with Crippen molar-refractivity contribution in [1.82, 2.24) is 0 Å². The van der Waals surface area contributed by atoms with Crippen molar-refractivity contribution in [2.75, 3.05) is 0 Å². The average molecular weight is 214 g/mol. The first-order valence-corrected chi connectivity index (χ1v) is 5.29. The van der Waals surface area contributed by atoms with Gasteiger partial charge in [-0.15, -0.1) is 0 Å². The van der Waals surface area contributed by atoms with E-state index in [4.69, 9.17) is 4.42 Å². The zero-order chi connectivity index (χ0) is 11.5. The van der Waals surface area contributed by atoms with Crippen molar-refractivity contribution in [2.45, 2.75) is 20.3 Å². The molecule has 0 unspecified atom stereocenters. The van der Waals surface area contributed by atoms with E-state index >= 15 is 0 Å². The number of carbonyl (C=O) groups excluding carboxylic acids is 1. The van der Waals surface area contributed by atoms with Crippen LogP contribution in [-0.4, -0.2) is 5.78 Å². The molecule has 0 saturated carbocycles. The molecule has 82 valence electrons. The van der Waals surface area contributed by atoms with E-state index in [1.807, 2.05) is 44.2 Å². The molecule has 0 bridgehead atoms. The van der Waals surface area contributed by atoms with Crippen molar-refractivity contribution >= 4 is 5.78 Å². The van der Waals surface area contributed by atoms with Gasteiger partial charge in [0.05, 0.1) is 6.26 Å². The highest BCUT2D eigenvalue weighted by Gasteiger charge is 2.12. The Morgan fingerprint density at radius 3 is 2.38 bits per heavy atom. The summed E-state index contributed by atoms with van der Waals surface area (Å²) in [5.41, 5.74) is 3.12. The molecule has 0 amide bonds. The second kappa shape index (κ2) is 4.35. The van der Waals surface area contributed by atoms with Crippen molar-refractivity contribution < 1.29 is 9.21 Å². The number of rotatable bonds is 3. The number of Topliss-reactive ketones (excluding diaryl/α,β-unsaturated/α-hetero) is 1. The molecule has 0 fully saturated rings. The summed E-state index contributed by atoms with van der Waals surface area (Å²) in [4.78, 5) is 11.9. The predicted octanol–water partition coefficient (Wildman–Crippen LogP) is 3.32. The molecule has 2 rings (SSSR count). The lowest BCUT2D eigenvalue weighted by atomic mass is 10.0. The van der Waals surface area contributed by atoms with Gasteiger partial charge in [-0.05, 0) is 31.0 Å². The Balaban J connectivity index is 2.14. The maximum atomic E-state index is 11.9. The van der Waals surface area contributed by atoms with Gasteiger partial charge in [0, 0.05) is 6.42 Å². The molecule has 0 atom stereocenters. The Labute approximate surface area is 94.9 Å². The molecule has 2 aromatic rings. The molecule has 0 aliphatic carbocycles. The average Bonchev–Trinajstić information content (AvgIpc) is 2.68. The third kappa shape index (κ3) is 2.22. The third-order valence-corrected chi connectivity index (χ3v) is 2.60. The minimum Gasteiger partial charge on any atom is -0.461 e. The molecule has 2 heteroatoms. The lowest BCUT2D eigenvalue weighted by Gasteiger charge is -2.00. The maximum Gasteiger partial charge on any atom is 0.202 e. The molecule has 1 aromatic heterocycles. The number of ketones is 1. The van der Waals surface area contributed by atoms with Gasteiger partial charge in [0.25, 0.3) is 0 Å². The lowest BCUT2D eigenvalue weighted by molar-refractivity contribution is 0.0965. The van der Waals surface area contributed by atoms with E-state index in [9.17, 15) is 4.79 Å². The highest BCUT2D eigenvalue weighted by molar-refractivity contribution is 5.96. The first kappa shape index (κ1) is 10.7. The van der Waals surface area contributed by atoms with Crippen LogP contribution in [0.1, 0.15) is 27.2 Å². The predicted molar refractivity (Wildman–Crippen MR) is 62.7 cm³/mol. The Kier molecular flexibility index (Phi) is 2.91. The summed E-state index contributed by atoms with van der Waals surface area (Å²) in [7, 11) is 0. The molecule has 1 aromatic carbocycles. The van der Waals surface area contributed by atoms with Crippen molar-refractivity contribution in [1.29, 1.82) is 0 Å². The van der Waals surface area contributed by atoms with Crippen LogP contribution >= 0.6 is 0 Å². The van der Waals surface area contributed by atoms with E-state index in [2.05, 4.69) is 0 Å². The number of hydrogen-bond acceptors (Lipinski definition) is 2. The van der Waals surface area contributed by atoms with E-state index < -0.39 is 0 Å². The molecule has 0 radical (unpaired) electrons. The van der Waals surface area contributed by atoms with Crippen molar-refractivity contribution in [3.8, 4) is 0 Å². The maximum absolute atomic E-state index is 11.9. The van der Waals surface area contributed by atoms with Gasteiger partial charge in [-0.2, -0.15) is 0 Å². The van der Waals surface area contributed by atoms with Crippen LogP contribution in [0.15, 0.2) is 41.0 Å². The number of benzene rings is 1. The van der Waals surface area contributed by atoms with E-state index in [1.165, 1.54) is 5.56 Å². The molecule has 0 aliphatic rings. The van der Waals surface area contributed by atoms with E-state index in [0.717, 1.165) is 11.1 Å². The summed E-state index contributed by atoms with van der Waals surface area (Å²) in [6.07, 6.45) is 1.95. The lowest BCUT2D eigenvalue weighted by Crippen LogP contribution is -2.03. The number of hydrogen-bond donors (Lipinski definition) is 0. The highest BCUT2D eigenvalue weighted by atomic mass is 16.3. The molecule has 0 N–H and O–H groups in total. The van der Waals surface area contributed by atoms with Gasteiger partial charge in [0.15, 0.2) is 5.76 Å². The summed E-state index contributed by atoms with van der Waals surface area (Å²) in [5.74, 6) is 0.506. The van der Waals surface area contributed by atoms with Crippen LogP contribution in [0, 0.1) is 13.8 Å². The molecule has 1 heterocycles. The number of furan rings is 1. The second-order valence-corrected chi connectivity index (χ2v) is 4.02. The minimum absolute atomic E-state index is 0.0337. The van der Waals surface area contributed by atoms with Crippen LogP contribution in [0.25, 0.3) is 0 Å². The minimum atomic E-state index is 0.0337. The fourth-order valence-electron chi connectivity index (χ4n) is 1.63. The van der Waals surface area contributed by atoms with Crippen LogP contribution in [0.3, 0.4) is 0 Å². The third-order valence-electron chi connectivity index (χ3n) is 2.60. The zero-order valence-electron chi connectivity index (χ0n) is 9.49. The molecule has 0 saturated heterocycles. The summed E-state index contributed by atoms with van der Waals surface area (Å²) >= 11 is 0. The summed E-state index contributed by atoms with van der Waals surface area (Å²) in [6.45, 7) is 3.91. The van der Waals surface area contributed by atoms with Crippen LogP contribution < -0.4 is 0 Å². The Morgan fingerprint density at radius 1 is 1.12 bits per heavy atom. The SMILES string of the molecule is Cc1ccc(CC(=O)c2occc2C)cc1. The van der Waals surface area contributed by atoms with Gasteiger partial charge < -0.3 is 4.42 Å². The smallest absolute Gasteiger partial charge is 0.202 e. The zero-order valence-corrected chi connectivity index (χ0v) is 9.49. The quantitative estimate of drug-likeness (QED) is 0.734. The largest absolute Gasteiger partial charge is 0.461 e. The van der Waals surface area contributed by atoms with Crippen molar-refractivity contribution in [2.24, 2.45) is 0 Å². The Hall–Kier alpha value is -1.83. The van der Waals surface area contributed by atoms with Crippen LogP contribution in [0.2, 0.25) is 0 Å². The summed E-state index contributed by atoms with van der Waals surface area (Å²) < 4.78 is 5.17. The van der Waals surface area contributed by atoms with Gasteiger partial charge in [-0.3, -0.25) is 4.79 Å². The van der Waals surface area contributed by atoms with Gasteiger partial charge in [-0.1, -0.05) is 29.8 Å². The Bertz CT molecular complexity index is 492. The van der Waals surface area contributed by atoms with E-state index in [0.29, 0.717) is 12.2 Å².